The Hall–Kier alpha value is -2.01. The number of rotatable bonds is 5. The minimum atomic E-state index is 0.518. The molecule has 0 aliphatic rings. The van der Waals surface area contributed by atoms with Crippen LogP contribution in [0.3, 0.4) is 0 Å². The van der Waals surface area contributed by atoms with Gasteiger partial charge < -0.3 is 4.57 Å². The van der Waals surface area contributed by atoms with Crippen LogP contribution in [-0.2, 0) is 12.3 Å². The van der Waals surface area contributed by atoms with E-state index in [2.05, 4.69) is 64.2 Å². The molecule has 136 valence electrons. The van der Waals surface area contributed by atoms with E-state index in [9.17, 15) is 0 Å². The summed E-state index contributed by atoms with van der Waals surface area (Å²) in [6, 6.07) is 20.4. The molecule has 0 saturated carbocycles. The van der Waals surface area contributed by atoms with Gasteiger partial charge in [-0.3, -0.25) is 0 Å². The summed E-state index contributed by atoms with van der Waals surface area (Å²) in [4.78, 5) is 0. The Morgan fingerprint density at radius 2 is 1.74 bits per heavy atom. The molecule has 0 aliphatic heterocycles. The van der Waals surface area contributed by atoms with Crippen molar-refractivity contribution in [3.05, 3.63) is 76.3 Å². The smallest absolute Gasteiger partial charge is 0.191 e. The second kappa shape index (κ2) is 7.93. The van der Waals surface area contributed by atoms with Crippen LogP contribution in [0.5, 0.6) is 0 Å². The molecule has 6 heteroatoms. The molecule has 0 radical (unpaired) electrons. The Balaban J connectivity index is 1.63. The summed E-state index contributed by atoms with van der Waals surface area (Å²) >= 11 is 13.9. The second-order valence-electron chi connectivity index (χ2n) is 6.11. The average molecular weight is 414 g/mol. The van der Waals surface area contributed by atoms with Crippen LogP contribution in [0.15, 0.2) is 65.8 Å². The fraction of sp³-hybridized carbons (Fsp3) is 0.143. The van der Waals surface area contributed by atoms with Gasteiger partial charge in [0.25, 0.3) is 0 Å². The molecule has 0 N–H and O–H groups in total. The lowest BCUT2D eigenvalue weighted by molar-refractivity contribution is 0.687. The molecule has 0 bridgehead atoms. The lowest BCUT2D eigenvalue weighted by Gasteiger charge is -2.09. The summed E-state index contributed by atoms with van der Waals surface area (Å²) < 4.78 is 2.11. The van der Waals surface area contributed by atoms with Gasteiger partial charge in [0.05, 0.1) is 10.0 Å². The second-order valence-corrected chi connectivity index (χ2v) is 7.86. The Labute approximate surface area is 172 Å². The Morgan fingerprint density at radius 3 is 2.56 bits per heavy atom. The summed E-state index contributed by atoms with van der Waals surface area (Å²) in [7, 11) is 0. The van der Waals surface area contributed by atoms with Crippen molar-refractivity contribution < 1.29 is 0 Å². The highest BCUT2D eigenvalue weighted by atomic mass is 35.5. The summed E-state index contributed by atoms with van der Waals surface area (Å²) in [5.41, 5.74) is 2.20. The first kappa shape index (κ1) is 18.4. The maximum atomic E-state index is 6.17. The number of aromatic nitrogens is 3. The number of hydrogen-bond acceptors (Lipinski definition) is 3. The number of benzene rings is 3. The zero-order valence-corrected chi connectivity index (χ0v) is 17.0. The van der Waals surface area contributed by atoms with E-state index in [1.807, 2.05) is 12.1 Å². The molecule has 4 aromatic rings. The van der Waals surface area contributed by atoms with Crippen LogP contribution in [0.4, 0.5) is 0 Å². The molecule has 0 spiro atoms. The standard InChI is InChI=1S/C21H17Cl2N3S/c1-2-26-20(15-10-11-18(22)19(23)12-15)24-25-21(26)27-13-16-8-5-7-14-6-3-4-9-17(14)16/h3-12H,2,13H2,1H3. The molecule has 1 aromatic heterocycles. The molecule has 0 amide bonds. The first-order valence-electron chi connectivity index (χ1n) is 8.65. The quantitative estimate of drug-likeness (QED) is 0.340. The van der Waals surface area contributed by atoms with Crippen LogP contribution < -0.4 is 0 Å². The number of halogens is 2. The van der Waals surface area contributed by atoms with Crippen molar-refractivity contribution in [2.45, 2.75) is 24.4 Å². The normalized spacial score (nSPS) is 11.2. The topological polar surface area (TPSA) is 30.7 Å². The average Bonchev–Trinajstić information content (AvgIpc) is 3.11. The van der Waals surface area contributed by atoms with Crippen LogP contribution in [0.1, 0.15) is 12.5 Å². The molecule has 3 aromatic carbocycles. The van der Waals surface area contributed by atoms with Gasteiger partial charge in [-0.1, -0.05) is 77.4 Å². The van der Waals surface area contributed by atoms with Gasteiger partial charge in [0.1, 0.15) is 0 Å². The fourth-order valence-electron chi connectivity index (χ4n) is 3.09. The molecule has 1 heterocycles. The molecule has 3 nitrogen and oxygen atoms in total. The predicted octanol–water partition coefficient (Wildman–Crippen LogP) is 6.72. The van der Waals surface area contributed by atoms with Crippen molar-refractivity contribution >= 4 is 45.7 Å². The highest BCUT2D eigenvalue weighted by Gasteiger charge is 2.14. The van der Waals surface area contributed by atoms with Crippen molar-refractivity contribution in [2.24, 2.45) is 0 Å². The Morgan fingerprint density at radius 1 is 0.926 bits per heavy atom. The van der Waals surface area contributed by atoms with Gasteiger partial charge in [-0.15, -0.1) is 10.2 Å². The number of hydrogen-bond donors (Lipinski definition) is 0. The van der Waals surface area contributed by atoms with Crippen LogP contribution >= 0.6 is 35.0 Å². The van der Waals surface area contributed by atoms with E-state index in [4.69, 9.17) is 23.2 Å². The Bertz CT molecular complexity index is 1100. The van der Waals surface area contributed by atoms with E-state index >= 15 is 0 Å². The molecule has 0 atom stereocenters. The number of thioether (sulfide) groups is 1. The van der Waals surface area contributed by atoms with Crippen LogP contribution in [0.25, 0.3) is 22.2 Å². The molecule has 0 unspecified atom stereocenters. The van der Waals surface area contributed by atoms with Gasteiger partial charge in [0.2, 0.25) is 0 Å². The van der Waals surface area contributed by atoms with Gasteiger partial charge in [-0.2, -0.15) is 0 Å². The summed E-state index contributed by atoms with van der Waals surface area (Å²) in [6.45, 7) is 2.87. The van der Waals surface area contributed by atoms with Gasteiger partial charge in [-0.25, -0.2) is 0 Å². The maximum Gasteiger partial charge on any atom is 0.191 e. The minimum Gasteiger partial charge on any atom is -0.302 e. The Kier molecular flexibility index (Phi) is 5.39. The van der Waals surface area contributed by atoms with E-state index in [0.29, 0.717) is 10.0 Å². The monoisotopic (exact) mass is 413 g/mol. The predicted molar refractivity (Wildman–Crippen MR) is 115 cm³/mol. The molecule has 4 rings (SSSR count). The van der Waals surface area contributed by atoms with Gasteiger partial charge in [0, 0.05) is 17.9 Å². The summed E-state index contributed by atoms with van der Waals surface area (Å²) in [5, 5.41) is 13.3. The fourth-order valence-corrected chi connectivity index (χ4v) is 4.39. The minimum absolute atomic E-state index is 0.518. The van der Waals surface area contributed by atoms with Crippen LogP contribution in [0.2, 0.25) is 10.0 Å². The summed E-state index contributed by atoms with van der Waals surface area (Å²) in [6.07, 6.45) is 0. The van der Waals surface area contributed by atoms with E-state index in [1.165, 1.54) is 16.3 Å². The number of nitrogens with zero attached hydrogens (tertiary/aromatic N) is 3. The molecular formula is C21H17Cl2N3S. The number of fused-ring (bicyclic) bond motifs is 1. The summed E-state index contributed by atoms with van der Waals surface area (Å²) in [5.74, 6) is 1.64. The lowest BCUT2D eigenvalue weighted by Crippen LogP contribution is -2.00. The van der Waals surface area contributed by atoms with E-state index in [-0.39, 0.29) is 0 Å². The molecule has 0 aliphatic carbocycles. The van der Waals surface area contributed by atoms with Crippen molar-refractivity contribution in [1.29, 1.82) is 0 Å². The van der Waals surface area contributed by atoms with Crippen molar-refractivity contribution in [3.8, 4) is 11.4 Å². The van der Waals surface area contributed by atoms with Gasteiger partial charge in [-0.05, 0) is 41.5 Å². The van der Waals surface area contributed by atoms with Crippen molar-refractivity contribution in [3.63, 3.8) is 0 Å². The third-order valence-electron chi connectivity index (χ3n) is 4.45. The largest absolute Gasteiger partial charge is 0.302 e. The van der Waals surface area contributed by atoms with E-state index in [0.717, 1.165) is 28.8 Å². The molecule has 0 fully saturated rings. The van der Waals surface area contributed by atoms with E-state index in [1.54, 1.807) is 17.8 Å². The lowest BCUT2D eigenvalue weighted by atomic mass is 10.1. The zero-order valence-electron chi connectivity index (χ0n) is 14.7. The van der Waals surface area contributed by atoms with Gasteiger partial charge >= 0.3 is 0 Å². The van der Waals surface area contributed by atoms with Crippen LogP contribution in [-0.4, -0.2) is 14.8 Å². The SMILES string of the molecule is CCn1c(SCc2cccc3ccccc23)nnc1-c1ccc(Cl)c(Cl)c1. The highest BCUT2D eigenvalue weighted by molar-refractivity contribution is 7.98. The van der Waals surface area contributed by atoms with Crippen molar-refractivity contribution in [1.82, 2.24) is 14.8 Å². The van der Waals surface area contributed by atoms with Crippen LogP contribution in [0, 0.1) is 0 Å². The third kappa shape index (κ3) is 3.70. The zero-order chi connectivity index (χ0) is 18.8. The molecular weight excluding hydrogens is 397 g/mol. The highest BCUT2D eigenvalue weighted by Crippen LogP contribution is 2.31. The third-order valence-corrected chi connectivity index (χ3v) is 6.20. The molecule has 0 saturated heterocycles. The first-order valence-corrected chi connectivity index (χ1v) is 10.4. The van der Waals surface area contributed by atoms with Crippen molar-refractivity contribution in [2.75, 3.05) is 0 Å². The first-order chi connectivity index (χ1) is 13.2. The van der Waals surface area contributed by atoms with E-state index < -0.39 is 0 Å². The van der Waals surface area contributed by atoms with Gasteiger partial charge in [0.15, 0.2) is 11.0 Å². The molecule has 27 heavy (non-hydrogen) atoms. The maximum absolute atomic E-state index is 6.17.